The molecule has 5 nitrogen and oxygen atoms in total. The van der Waals surface area contributed by atoms with E-state index < -0.39 is 18.1 Å². The van der Waals surface area contributed by atoms with E-state index in [9.17, 15) is 14.7 Å². The van der Waals surface area contributed by atoms with Crippen LogP contribution < -0.4 is 10.4 Å². The van der Waals surface area contributed by atoms with Gasteiger partial charge in [-0.1, -0.05) is 30.3 Å². The maximum absolute atomic E-state index is 11.5. The Morgan fingerprint density at radius 2 is 2.05 bits per heavy atom. The standard InChI is InChI=1S/C13H17NO4S/c1-19-8-7-11(12(15)16)14-13(17)18-9-10-5-3-2-4-6-10/h2-6,11H,7-9H2,1H3,(H,14,17)(H,15,16)/p-1/t11-/m0/s1. The molecule has 1 aromatic rings. The van der Waals surface area contributed by atoms with Crippen LogP contribution in [-0.4, -0.2) is 30.1 Å². The van der Waals surface area contributed by atoms with Crippen molar-refractivity contribution in [2.45, 2.75) is 19.1 Å². The molecular weight excluding hydrogens is 266 g/mol. The first-order chi connectivity index (χ1) is 9.13. The van der Waals surface area contributed by atoms with Gasteiger partial charge in [0.05, 0.1) is 12.0 Å². The third kappa shape index (κ3) is 6.15. The molecule has 0 aliphatic carbocycles. The number of carbonyl (C=O) groups excluding carboxylic acids is 2. The molecule has 0 aliphatic heterocycles. The molecule has 1 aromatic carbocycles. The van der Waals surface area contributed by atoms with Crippen molar-refractivity contribution in [1.82, 2.24) is 5.32 Å². The fraction of sp³-hybridized carbons (Fsp3) is 0.385. The lowest BCUT2D eigenvalue weighted by Gasteiger charge is -2.18. The number of benzene rings is 1. The lowest BCUT2D eigenvalue weighted by atomic mass is 10.2. The number of aliphatic carboxylic acids is 1. The number of amides is 1. The molecule has 0 aliphatic rings. The molecule has 0 unspecified atom stereocenters. The van der Waals surface area contributed by atoms with Crippen molar-refractivity contribution < 1.29 is 19.4 Å². The molecule has 104 valence electrons. The zero-order valence-electron chi connectivity index (χ0n) is 10.6. The highest BCUT2D eigenvalue weighted by atomic mass is 32.2. The van der Waals surface area contributed by atoms with Gasteiger partial charge in [0, 0.05) is 0 Å². The fourth-order valence-electron chi connectivity index (χ4n) is 1.39. The zero-order chi connectivity index (χ0) is 14.1. The van der Waals surface area contributed by atoms with Gasteiger partial charge in [-0.05, 0) is 24.0 Å². The van der Waals surface area contributed by atoms with Gasteiger partial charge in [-0.2, -0.15) is 11.8 Å². The van der Waals surface area contributed by atoms with Gasteiger partial charge in [0.2, 0.25) is 0 Å². The van der Waals surface area contributed by atoms with E-state index in [4.69, 9.17) is 4.74 Å². The zero-order valence-corrected chi connectivity index (χ0v) is 11.4. The van der Waals surface area contributed by atoms with Crippen molar-refractivity contribution >= 4 is 23.8 Å². The Labute approximate surface area is 116 Å². The van der Waals surface area contributed by atoms with Crippen LogP contribution in [-0.2, 0) is 16.1 Å². The van der Waals surface area contributed by atoms with Gasteiger partial charge >= 0.3 is 6.09 Å². The highest BCUT2D eigenvalue weighted by Gasteiger charge is 2.13. The summed E-state index contributed by atoms with van der Waals surface area (Å²) in [5.41, 5.74) is 0.840. The van der Waals surface area contributed by atoms with Crippen LogP contribution in [0.1, 0.15) is 12.0 Å². The molecule has 0 fully saturated rings. The molecular formula is C13H16NO4S-. The maximum atomic E-state index is 11.5. The Balaban J connectivity index is 2.38. The second-order valence-electron chi connectivity index (χ2n) is 3.86. The average molecular weight is 282 g/mol. The van der Waals surface area contributed by atoms with Gasteiger partial charge in [0.25, 0.3) is 0 Å². The first-order valence-electron chi connectivity index (χ1n) is 5.80. The predicted octanol–water partition coefficient (Wildman–Crippen LogP) is 0.784. The second kappa shape index (κ2) is 8.42. The number of hydrogen-bond acceptors (Lipinski definition) is 5. The predicted molar refractivity (Wildman–Crippen MR) is 71.6 cm³/mol. The first-order valence-corrected chi connectivity index (χ1v) is 7.20. The quantitative estimate of drug-likeness (QED) is 0.799. The molecule has 0 heterocycles. The van der Waals surface area contributed by atoms with Gasteiger partial charge in [0.1, 0.15) is 6.61 Å². The highest BCUT2D eigenvalue weighted by Crippen LogP contribution is 2.03. The van der Waals surface area contributed by atoms with E-state index in [1.54, 1.807) is 0 Å². The minimum absolute atomic E-state index is 0.106. The number of nitrogens with one attached hydrogen (secondary N) is 1. The van der Waals surface area contributed by atoms with Crippen LogP contribution >= 0.6 is 11.8 Å². The molecule has 0 bridgehead atoms. The van der Waals surface area contributed by atoms with Gasteiger partial charge < -0.3 is 20.0 Å². The molecule has 0 saturated carbocycles. The number of carbonyl (C=O) groups is 2. The number of hydrogen-bond donors (Lipinski definition) is 1. The average Bonchev–Trinajstić information content (AvgIpc) is 2.42. The van der Waals surface area contributed by atoms with Gasteiger partial charge in [-0.15, -0.1) is 0 Å². The maximum Gasteiger partial charge on any atom is 0.407 e. The Morgan fingerprint density at radius 1 is 1.37 bits per heavy atom. The molecule has 0 saturated heterocycles. The Hall–Kier alpha value is -1.69. The summed E-state index contributed by atoms with van der Waals surface area (Å²) in [5, 5.41) is 13.1. The van der Waals surface area contributed by atoms with Crippen LogP contribution in [0.15, 0.2) is 30.3 Å². The molecule has 1 N–H and O–H groups in total. The number of carboxylic acids is 1. The van der Waals surface area contributed by atoms with Crippen molar-refractivity contribution in [3.05, 3.63) is 35.9 Å². The first kappa shape index (κ1) is 15.4. The van der Waals surface area contributed by atoms with Crippen molar-refractivity contribution in [3.63, 3.8) is 0 Å². The fourth-order valence-corrected chi connectivity index (χ4v) is 1.86. The van der Waals surface area contributed by atoms with E-state index in [0.717, 1.165) is 5.56 Å². The number of rotatable bonds is 7. The van der Waals surface area contributed by atoms with Crippen molar-refractivity contribution in [2.75, 3.05) is 12.0 Å². The van der Waals surface area contributed by atoms with E-state index in [0.29, 0.717) is 12.2 Å². The van der Waals surface area contributed by atoms with Crippen LogP contribution in [0.25, 0.3) is 0 Å². The Kier molecular flexibility index (Phi) is 6.81. The summed E-state index contributed by atoms with van der Waals surface area (Å²) in [5.74, 6) is -0.678. The lowest BCUT2D eigenvalue weighted by molar-refractivity contribution is -0.308. The summed E-state index contributed by atoms with van der Waals surface area (Å²) < 4.78 is 4.94. The van der Waals surface area contributed by atoms with E-state index >= 15 is 0 Å². The van der Waals surface area contributed by atoms with Gasteiger partial charge in [0.15, 0.2) is 0 Å². The van der Waals surface area contributed by atoms with Crippen LogP contribution in [0.3, 0.4) is 0 Å². The number of ether oxygens (including phenoxy) is 1. The molecule has 19 heavy (non-hydrogen) atoms. The minimum Gasteiger partial charge on any atom is -0.548 e. The Morgan fingerprint density at radius 3 is 2.63 bits per heavy atom. The normalized spacial score (nSPS) is 11.6. The van der Waals surface area contributed by atoms with Gasteiger partial charge in [-0.25, -0.2) is 4.79 Å². The smallest absolute Gasteiger partial charge is 0.407 e. The summed E-state index contributed by atoms with van der Waals surface area (Å²) in [6.45, 7) is 0.106. The molecule has 0 aromatic heterocycles. The summed E-state index contributed by atoms with van der Waals surface area (Å²) in [6, 6.07) is 8.14. The highest BCUT2D eigenvalue weighted by molar-refractivity contribution is 7.98. The Bertz CT molecular complexity index is 410. The lowest BCUT2D eigenvalue weighted by Crippen LogP contribution is -2.48. The van der Waals surface area contributed by atoms with Gasteiger partial charge in [-0.3, -0.25) is 0 Å². The summed E-state index contributed by atoms with van der Waals surface area (Å²) >= 11 is 1.50. The van der Waals surface area contributed by atoms with Crippen molar-refractivity contribution in [3.8, 4) is 0 Å². The monoisotopic (exact) mass is 282 g/mol. The van der Waals surface area contributed by atoms with Crippen LogP contribution in [0.2, 0.25) is 0 Å². The summed E-state index contributed by atoms with van der Waals surface area (Å²) in [6.07, 6.45) is 1.42. The number of thioether (sulfide) groups is 1. The van der Waals surface area contributed by atoms with Crippen LogP contribution in [0.4, 0.5) is 4.79 Å². The third-order valence-corrected chi connectivity index (χ3v) is 3.04. The second-order valence-corrected chi connectivity index (χ2v) is 4.84. The van der Waals surface area contributed by atoms with E-state index in [2.05, 4.69) is 5.32 Å². The van der Waals surface area contributed by atoms with E-state index in [1.807, 2.05) is 36.6 Å². The van der Waals surface area contributed by atoms with E-state index in [1.165, 1.54) is 11.8 Å². The number of carboxylic acid groups (broad SMARTS) is 1. The molecule has 6 heteroatoms. The molecule has 0 spiro atoms. The van der Waals surface area contributed by atoms with E-state index in [-0.39, 0.29) is 6.61 Å². The van der Waals surface area contributed by atoms with Crippen LogP contribution in [0.5, 0.6) is 0 Å². The largest absolute Gasteiger partial charge is 0.548 e. The van der Waals surface area contributed by atoms with Crippen molar-refractivity contribution in [2.24, 2.45) is 0 Å². The molecule has 1 rings (SSSR count). The topological polar surface area (TPSA) is 78.5 Å². The summed E-state index contributed by atoms with van der Waals surface area (Å²) in [7, 11) is 0. The molecule has 1 amide bonds. The molecule has 1 atom stereocenters. The summed E-state index contributed by atoms with van der Waals surface area (Å²) in [4.78, 5) is 22.3. The van der Waals surface area contributed by atoms with Crippen LogP contribution in [0, 0.1) is 0 Å². The minimum atomic E-state index is -1.30. The number of alkyl carbamates (subject to hydrolysis) is 1. The van der Waals surface area contributed by atoms with Crippen molar-refractivity contribution in [1.29, 1.82) is 0 Å². The third-order valence-electron chi connectivity index (χ3n) is 2.40. The SMILES string of the molecule is CSCC[C@H](NC(=O)OCc1ccccc1)C(=O)[O-]. The molecule has 0 radical (unpaired) electrons.